The highest BCUT2D eigenvalue weighted by Gasteiger charge is 2.39. The Kier molecular flexibility index (Phi) is 4.53. The maximum Gasteiger partial charge on any atom is 0.147 e. The second-order valence-electron chi connectivity index (χ2n) is 7.04. The highest BCUT2D eigenvalue weighted by atomic mass is 19.1. The highest BCUT2D eigenvalue weighted by Crippen LogP contribution is 2.35. The fourth-order valence-electron chi connectivity index (χ4n) is 3.99. The molecule has 0 aliphatic carbocycles. The minimum atomic E-state index is -0.193. The van der Waals surface area contributed by atoms with Gasteiger partial charge in [0.1, 0.15) is 11.6 Å². The van der Waals surface area contributed by atoms with Gasteiger partial charge in [0.2, 0.25) is 0 Å². The molecule has 1 aromatic heterocycles. The van der Waals surface area contributed by atoms with E-state index in [2.05, 4.69) is 19.8 Å². The van der Waals surface area contributed by atoms with Gasteiger partial charge >= 0.3 is 0 Å². The van der Waals surface area contributed by atoms with Gasteiger partial charge in [0.15, 0.2) is 0 Å². The predicted octanol–water partition coefficient (Wildman–Crippen LogP) is 2.74. The van der Waals surface area contributed by atoms with Crippen molar-refractivity contribution >= 4 is 11.5 Å². The predicted molar refractivity (Wildman–Crippen MR) is 95.3 cm³/mol. The summed E-state index contributed by atoms with van der Waals surface area (Å²) in [6.07, 6.45) is 7.45. The molecular weight excluding hydrogens is 319 g/mol. The third-order valence-corrected chi connectivity index (χ3v) is 5.15. The summed E-state index contributed by atoms with van der Waals surface area (Å²) >= 11 is 0. The maximum absolute atomic E-state index is 13.7. The zero-order chi connectivity index (χ0) is 17.1. The molecule has 1 aromatic carbocycles. The summed E-state index contributed by atoms with van der Waals surface area (Å²) in [5, 5.41) is 0. The average molecular weight is 342 g/mol. The van der Waals surface area contributed by atoms with Crippen LogP contribution in [0.2, 0.25) is 0 Å². The molecule has 0 radical (unpaired) electrons. The lowest BCUT2D eigenvalue weighted by atomic mass is 9.80. The molecule has 25 heavy (non-hydrogen) atoms. The Balaban J connectivity index is 1.57. The second kappa shape index (κ2) is 6.96. The lowest BCUT2D eigenvalue weighted by Gasteiger charge is -2.44. The van der Waals surface area contributed by atoms with E-state index in [0.29, 0.717) is 6.61 Å². The third kappa shape index (κ3) is 3.58. The molecule has 1 spiro atoms. The lowest BCUT2D eigenvalue weighted by molar-refractivity contribution is 0.0597. The Hall–Kier alpha value is -2.21. The standard InChI is InChI=1S/C19H23FN4O/c20-16-3-1-4-17(11-16)23-9-10-25-15-19(13-23)5-2-8-24(14-19)18-12-21-6-7-22-18/h1,3-4,6-7,11-12H,2,5,8-10,13-15H2/t19-/m0/s1. The Morgan fingerprint density at radius 2 is 2.04 bits per heavy atom. The number of halogens is 1. The van der Waals surface area contributed by atoms with E-state index in [1.165, 1.54) is 6.07 Å². The van der Waals surface area contributed by atoms with E-state index in [4.69, 9.17) is 4.74 Å². The molecule has 0 bridgehead atoms. The molecule has 3 heterocycles. The van der Waals surface area contributed by atoms with Gasteiger partial charge in [0.25, 0.3) is 0 Å². The van der Waals surface area contributed by atoms with Gasteiger partial charge in [0.05, 0.1) is 19.4 Å². The molecule has 1 atom stereocenters. The van der Waals surface area contributed by atoms with Gasteiger partial charge in [-0.25, -0.2) is 9.37 Å². The first-order valence-electron chi connectivity index (χ1n) is 8.83. The molecule has 0 saturated carbocycles. The molecule has 5 nitrogen and oxygen atoms in total. The average Bonchev–Trinajstić information content (AvgIpc) is 2.85. The van der Waals surface area contributed by atoms with E-state index in [1.54, 1.807) is 24.5 Å². The third-order valence-electron chi connectivity index (χ3n) is 5.15. The largest absolute Gasteiger partial charge is 0.379 e. The van der Waals surface area contributed by atoms with Crippen LogP contribution >= 0.6 is 0 Å². The number of piperidine rings is 1. The SMILES string of the molecule is Fc1cccc(N2CCOC[C@@]3(CCCN(c4cnccn4)C3)C2)c1. The fraction of sp³-hybridized carbons (Fsp3) is 0.474. The highest BCUT2D eigenvalue weighted by molar-refractivity contribution is 5.47. The number of aromatic nitrogens is 2. The molecule has 0 unspecified atom stereocenters. The molecule has 2 aromatic rings. The minimum absolute atomic E-state index is 0.0264. The van der Waals surface area contributed by atoms with Crippen molar-refractivity contribution in [1.82, 2.24) is 9.97 Å². The zero-order valence-electron chi connectivity index (χ0n) is 14.3. The molecule has 2 aliphatic heterocycles. The van der Waals surface area contributed by atoms with Crippen LogP contribution in [0.4, 0.5) is 15.9 Å². The van der Waals surface area contributed by atoms with Crippen molar-refractivity contribution in [3.63, 3.8) is 0 Å². The van der Waals surface area contributed by atoms with Crippen LogP contribution < -0.4 is 9.80 Å². The van der Waals surface area contributed by atoms with Gasteiger partial charge in [-0.2, -0.15) is 0 Å². The van der Waals surface area contributed by atoms with Crippen molar-refractivity contribution in [3.8, 4) is 0 Å². The number of benzene rings is 1. The number of ether oxygens (including phenoxy) is 1. The summed E-state index contributed by atoms with van der Waals surface area (Å²) in [5.41, 5.74) is 0.958. The van der Waals surface area contributed by atoms with Crippen molar-refractivity contribution in [2.45, 2.75) is 12.8 Å². The van der Waals surface area contributed by atoms with Crippen molar-refractivity contribution in [2.75, 3.05) is 49.2 Å². The van der Waals surface area contributed by atoms with E-state index < -0.39 is 0 Å². The molecular formula is C19H23FN4O. The summed E-state index contributed by atoms with van der Waals surface area (Å²) in [6.45, 7) is 4.93. The molecule has 4 rings (SSSR count). The number of hydrogen-bond acceptors (Lipinski definition) is 5. The Morgan fingerprint density at radius 1 is 1.12 bits per heavy atom. The van der Waals surface area contributed by atoms with Crippen molar-refractivity contribution in [2.24, 2.45) is 5.41 Å². The van der Waals surface area contributed by atoms with Crippen LogP contribution in [0.3, 0.4) is 0 Å². The summed E-state index contributed by atoms with van der Waals surface area (Å²) in [6, 6.07) is 6.85. The van der Waals surface area contributed by atoms with Gasteiger partial charge in [-0.1, -0.05) is 6.07 Å². The molecule has 6 heteroatoms. The molecule has 2 saturated heterocycles. The van der Waals surface area contributed by atoms with Gasteiger partial charge in [-0.15, -0.1) is 0 Å². The molecule has 132 valence electrons. The quantitative estimate of drug-likeness (QED) is 0.839. The van der Waals surface area contributed by atoms with Gasteiger partial charge in [-0.3, -0.25) is 4.98 Å². The van der Waals surface area contributed by atoms with E-state index in [1.807, 2.05) is 12.3 Å². The van der Waals surface area contributed by atoms with Crippen LogP contribution in [0.25, 0.3) is 0 Å². The minimum Gasteiger partial charge on any atom is -0.379 e. The fourth-order valence-corrected chi connectivity index (χ4v) is 3.99. The molecule has 0 amide bonds. The summed E-state index contributed by atoms with van der Waals surface area (Å²) in [4.78, 5) is 13.2. The van der Waals surface area contributed by atoms with E-state index in [-0.39, 0.29) is 11.2 Å². The zero-order valence-corrected chi connectivity index (χ0v) is 14.3. The number of nitrogens with zero attached hydrogens (tertiary/aromatic N) is 4. The summed E-state index contributed by atoms with van der Waals surface area (Å²) in [5.74, 6) is 0.727. The van der Waals surface area contributed by atoms with E-state index in [0.717, 1.165) is 57.1 Å². The molecule has 2 aliphatic rings. The van der Waals surface area contributed by atoms with Crippen molar-refractivity contribution in [1.29, 1.82) is 0 Å². The van der Waals surface area contributed by atoms with Crippen LogP contribution in [0.5, 0.6) is 0 Å². The van der Waals surface area contributed by atoms with Gasteiger partial charge < -0.3 is 14.5 Å². The first-order valence-corrected chi connectivity index (χ1v) is 8.83. The number of hydrogen-bond donors (Lipinski definition) is 0. The van der Waals surface area contributed by atoms with Crippen molar-refractivity contribution in [3.05, 3.63) is 48.7 Å². The van der Waals surface area contributed by atoms with Crippen LogP contribution in [0.1, 0.15) is 12.8 Å². The molecule has 0 N–H and O–H groups in total. The monoisotopic (exact) mass is 342 g/mol. The number of anilines is 2. The summed E-state index contributed by atoms with van der Waals surface area (Å²) in [7, 11) is 0. The van der Waals surface area contributed by atoms with Gasteiger partial charge in [-0.05, 0) is 31.0 Å². The second-order valence-corrected chi connectivity index (χ2v) is 7.04. The maximum atomic E-state index is 13.7. The van der Waals surface area contributed by atoms with Crippen LogP contribution in [0.15, 0.2) is 42.9 Å². The molecule has 2 fully saturated rings. The van der Waals surface area contributed by atoms with E-state index in [9.17, 15) is 4.39 Å². The Bertz CT molecular complexity index is 714. The Labute approximate surface area is 147 Å². The topological polar surface area (TPSA) is 41.5 Å². The van der Waals surface area contributed by atoms with E-state index >= 15 is 0 Å². The first kappa shape index (κ1) is 16.3. The first-order chi connectivity index (χ1) is 12.2. The smallest absolute Gasteiger partial charge is 0.147 e. The van der Waals surface area contributed by atoms with Crippen LogP contribution in [-0.2, 0) is 4.74 Å². The van der Waals surface area contributed by atoms with Crippen molar-refractivity contribution < 1.29 is 9.13 Å². The van der Waals surface area contributed by atoms with Gasteiger partial charge in [0, 0.05) is 49.7 Å². The Morgan fingerprint density at radius 3 is 2.88 bits per heavy atom. The normalized spacial score (nSPS) is 24.4. The number of rotatable bonds is 2. The lowest BCUT2D eigenvalue weighted by Crippen LogP contribution is -2.51. The van der Waals surface area contributed by atoms with Crippen LogP contribution in [-0.4, -0.2) is 49.4 Å². The van der Waals surface area contributed by atoms with Crippen LogP contribution in [0, 0.1) is 11.2 Å². The summed E-state index contributed by atoms with van der Waals surface area (Å²) < 4.78 is 19.6.